The summed E-state index contributed by atoms with van der Waals surface area (Å²) in [4.78, 5) is 12.5. The van der Waals surface area contributed by atoms with Crippen LogP contribution >= 0.6 is 0 Å². The van der Waals surface area contributed by atoms with Crippen LogP contribution < -0.4 is 10.2 Å². The average Bonchev–Trinajstić information content (AvgIpc) is 2.29. The number of quaternary nitrogens is 1. The predicted molar refractivity (Wildman–Crippen MR) is 58.5 cm³/mol. The van der Waals surface area contributed by atoms with E-state index in [1.54, 1.807) is 12.1 Å². The van der Waals surface area contributed by atoms with Gasteiger partial charge in [-0.1, -0.05) is 12.1 Å². The van der Waals surface area contributed by atoms with Crippen LogP contribution in [-0.4, -0.2) is 25.5 Å². The van der Waals surface area contributed by atoms with Crippen LogP contribution in [0.1, 0.15) is 18.5 Å². The molecule has 2 atom stereocenters. The zero-order valence-corrected chi connectivity index (χ0v) is 9.29. The third-order valence-electron chi connectivity index (χ3n) is 3.14. The monoisotopic (exact) mass is 223 g/mol. The second-order valence-electron chi connectivity index (χ2n) is 4.21. The van der Waals surface area contributed by atoms with Gasteiger partial charge in [-0.25, -0.2) is 4.39 Å². The van der Waals surface area contributed by atoms with Gasteiger partial charge in [0.25, 0.3) is 5.91 Å². The standard InChI is InChI=1S/C12H15FN2O/c1-9(10-2-4-11(13)5-3-10)15-7-6-14-12(16)8-15/h2-5,9H,6-8H2,1H3,(H,14,16)/p+1/t9-/m1/s1. The maximum absolute atomic E-state index is 12.8. The number of benzene rings is 1. The summed E-state index contributed by atoms with van der Waals surface area (Å²) in [5.74, 6) is -0.127. The van der Waals surface area contributed by atoms with E-state index in [9.17, 15) is 9.18 Å². The summed E-state index contributed by atoms with van der Waals surface area (Å²) < 4.78 is 12.8. The van der Waals surface area contributed by atoms with E-state index in [0.717, 1.165) is 18.7 Å². The normalized spacial score (nSPS) is 22.6. The second-order valence-corrected chi connectivity index (χ2v) is 4.21. The molecule has 1 heterocycles. The Bertz CT molecular complexity index is 377. The fourth-order valence-electron chi connectivity index (χ4n) is 2.08. The van der Waals surface area contributed by atoms with Gasteiger partial charge < -0.3 is 10.2 Å². The third kappa shape index (κ3) is 2.39. The highest BCUT2D eigenvalue weighted by Gasteiger charge is 2.25. The van der Waals surface area contributed by atoms with Gasteiger partial charge in [-0.3, -0.25) is 4.79 Å². The smallest absolute Gasteiger partial charge is 0.275 e. The first-order valence-corrected chi connectivity index (χ1v) is 5.53. The molecule has 1 fully saturated rings. The molecule has 1 aliphatic rings. The summed E-state index contributed by atoms with van der Waals surface area (Å²) in [7, 11) is 0. The van der Waals surface area contributed by atoms with Gasteiger partial charge in [0.2, 0.25) is 0 Å². The van der Waals surface area contributed by atoms with E-state index in [1.807, 2.05) is 0 Å². The molecule has 1 aromatic carbocycles. The number of amides is 1. The van der Waals surface area contributed by atoms with Gasteiger partial charge in [-0.15, -0.1) is 0 Å². The quantitative estimate of drug-likeness (QED) is 0.721. The van der Waals surface area contributed by atoms with Crippen LogP contribution in [0.15, 0.2) is 24.3 Å². The highest BCUT2D eigenvalue weighted by molar-refractivity contribution is 5.77. The molecule has 1 saturated heterocycles. The van der Waals surface area contributed by atoms with Gasteiger partial charge in [-0.05, 0) is 19.1 Å². The van der Waals surface area contributed by atoms with Gasteiger partial charge in [0.1, 0.15) is 11.9 Å². The van der Waals surface area contributed by atoms with Crippen molar-refractivity contribution in [1.82, 2.24) is 5.32 Å². The zero-order valence-electron chi connectivity index (χ0n) is 9.29. The van der Waals surface area contributed by atoms with Crippen LogP contribution in [0, 0.1) is 5.82 Å². The Morgan fingerprint density at radius 2 is 2.06 bits per heavy atom. The van der Waals surface area contributed by atoms with E-state index in [0.29, 0.717) is 6.54 Å². The van der Waals surface area contributed by atoms with E-state index < -0.39 is 0 Å². The topological polar surface area (TPSA) is 33.5 Å². The molecule has 3 nitrogen and oxygen atoms in total. The number of halogens is 1. The SMILES string of the molecule is C[C@H](c1ccc(F)cc1)[NH+]1CCNC(=O)C1. The first-order valence-electron chi connectivity index (χ1n) is 5.53. The van der Waals surface area contributed by atoms with Crippen LogP contribution in [0.4, 0.5) is 4.39 Å². The lowest BCUT2D eigenvalue weighted by molar-refractivity contribution is -0.923. The van der Waals surface area contributed by atoms with Crippen molar-refractivity contribution in [1.29, 1.82) is 0 Å². The number of rotatable bonds is 2. The van der Waals surface area contributed by atoms with E-state index in [2.05, 4.69) is 12.2 Å². The molecule has 4 heteroatoms. The first kappa shape index (κ1) is 11.1. The molecule has 1 aromatic rings. The minimum Gasteiger partial charge on any atom is -0.346 e. The molecule has 16 heavy (non-hydrogen) atoms. The van der Waals surface area contributed by atoms with Crippen LogP contribution in [0.3, 0.4) is 0 Å². The Morgan fingerprint density at radius 1 is 1.38 bits per heavy atom. The Morgan fingerprint density at radius 3 is 2.69 bits per heavy atom. The van der Waals surface area contributed by atoms with E-state index >= 15 is 0 Å². The number of hydrogen-bond donors (Lipinski definition) is 2. The number of carbonyl (C=O) groups is 1. The number of piperazine rings is 1. The van der Waals surface area contributed by atoms with Crippen molar-refractivity contribution in [3.63, 3.8) is 0 Å². The van der Waals surface area contributed by atoms with Crippen LogP contribution in [0.25, 0.3) is 0 Å². The van der Waals surface area contributed by atoms with Crippen molar-refractivity contribution in [2.45, 2.75) is 13.0 Å². The molecule has 0 radical (unpaired) electrons. The van der Waals surface area contributed by atoms with Crippen molar-refractivity contribution < 1.29 is 14.1 Å². The lowest BCUT2D eigenvalue weighted by atomic mass is 10.1. The molecule has 0 saturated carbocycles. The predicted octanol–water partition coefficient (Wildman–Crippen LogP) is -0.0986. The third-order valence-corrected chi connectivity index (χ3v) is 3.14. The highest BCUT2D eigenvalue weighted by Crippen LogP contribution is 2.09. The molecular formula is C12H16FN2O+. The number of hydrogen-bond acceptors (Lipinski definition) is 1. The lowest BCUT2D eigenvalue weighted by Crippen LogP contribution is -3.15. The number of nitrogens with one attached hydrogen (secondary N) is 2. The summed E-state index contributed by atoms with van der Waals surface area (Å²) in [6, 6.07) is 6.75. The van der Waals surface area contributed by atoms with Gasteiger partial charge >= 0.3 is 0 Å². The van der Waals surface area contributed by atoms with Gasteiger partial charge in [-0.2, -0.15) is 0 Å². The van der Waals surface area contributed by atoms with Crippen molar-refractivity contribution in [2.75, 3.05) is 19.6 Å². The second kappa shape index (κ2) is 4.61. The van der Waals surface area contributed by atoms with Crippen molar-refractivity contribution in [3.8, 4) is 0 Å². The van der Waals surface area contributed by atoms with Gasteiger partial charge in [0, 0.05) is 5.56 Å². The van der Waals surface area contributed by atoms with Gasteiger partial charge in [0.15, 0.2) is 6.54 Å². The summed E-state index contributed by atoms with van der Waals surface area (Å²) in [6.07, 6.45) is 0. The molecule has 86 valence electrons. The average molecular weight is 223 g/mol. The Kier molecular flexibility index (Phi) is 3.19. The molecule has 1 amide bonds. The molecular weight excluding hydrogens is 207 g/mol. The molecule has 2 N–H and O–H groups in total. The van der Waals surface area contributed by atoms with E-state index in [-0.39, 0.29) is 17.8 Å². The Hall–Kier alpha value is -1.42. The van der Waals surface area contributed by atoms with E-state index in [4.69, 9.17) is 0 Å². The highest BCUT2D eigenvalue weighted by atomic mass is 19.1. The maximum atomic E-state index is 12.8. The molecule has 0 aliphatic carbocycles. The van der Waals surface area contributed by atoms with Crippen LogP contribution in [0.5, 0.6) is 0 Å². The molecule has 1 aliphatic heterocycles. The van der Waals surface area contributed by atoms with E-state index in [1.165, 1.54) is 17.0 Å². The Labute approximate surface area is 94.3 Å². The minimum absolute atomic E-state index is 0.0928. The van der Waals surface area contributed by atoms with Crippen molar-refractivity contribution >= 4 is 5.91 Å². The fraction of sp³-hybridized carbons (Fsp3) is 0.417. The van der Waals surface area contributed by atoms with Crippen LogP contribution in [0.2, 0.25) is 0 Å². The summed E-state index contributed by atoms with van der Waals surface area (Å²) in [5.41, 5.74) is 1.08. The van der Waals surface area contributed by atoms with Gasteiger partial charge in [0.05, 0.1) is 13.1 Å². The fourth-order valence-corrected chi connectivity index (χ4v) is 2.08. The molecule has 1 unspecified atom stereocenters. The van der Waals surface area contributed by atoms with Crippen LogP contribution in [-0.2, 0) is 4.79 Å². The molecule has 2 rings (SSSR count). The Balaban J connectivity index is 2.08. The largest absolute Gasteiger partial charge is 0.346 e. The molecule has 0 bridgehead atoms. The van der Waals surface area contributed by atoms with Crippen molar-refractivity contribution in [3.05, 3.63) is 35.6 Å². The summed E-state index contributed by atoms with van der Waals surface area (Å²) in [5, 5.41) is 2.81. The zero-order chi connectivity index (χ0) is 11.5. The summed E-state index contributed by atoms with van der Waals surface area (Å²) in [6.45, 7) is 4.21. The lowest BCUT2D eigenvalue weighted by Gasteiger charge is -2.29. The maximum Gasteiger partial charge on any atom is 0.275 e. The molecule has 0 aromatic heterocycles. The first-order chi connectivity index (χ1) is 7.66. The summed E-state index contributed by atoms with van der Waals surface area (Å²) >= 11 is 0. The van der Waals surface area contributed by atoms with Crippen molar-refractivity contribution in [2.24, 2.45) is 0 Å². The minimum atomic E-state index is -0.220. The number of carbonyl (C=O) groups excluding carboxylic acids is 1. The molecule has 0 spiro atoms.